The number of nitrogens with one attached hydrogen (secondary N) is 1. The van der Waals surface area contributed by atoms with Gasteiger partial charge in [0, 0.05) is 11.8 Å². The van der Waals surface area contributed by atoms with Crippen molar-refractivity contribution in [2.75, 3.05) is 12.1 Å². The summed E-state index contributed by atoms with van der Waals surface area (Å²) < 4.78 is 12.3. The fourth-order valence-electron chi connectivity index (χ4n) is 2.88. The highest BCUT2D eigenvalue weighted by atomic mass is 32.1. The molecule has 1 aliphatic rings. The summed E-state index contributed by atoms with van der Waals surface area (Å²) in [6.07, 6.45) is 0. The first-order valence-corrected chi connectivity index (χ1v) is 9.43. The van der Waals surface area contributed by atoms with Gasteiger partial charge in [0.2, 0.25) is 12.6 Å². The van der Waals surface area contributed by atoms with Crippen molar-refractivity contribution in [1.82, 2.24) is 14.8 Å². The monoisotopic (exact) mass is 390 g/mol. The third kappa shape index (κ3) is 2.99. The summed E-state index contributed by atoms with van der Waals surface area (Å²) in [4.78, 5) is 18.2. The first kappa shape index (κ1) is 16.5. The minimum absolute atomic E-state index is 0.0879. The highest BCUT2D eigenvalue weighted by molar-refractivity contribution is 7.13. The SMILES string of the molecule is O=C(Nc1ccc2c(c1)OCO2)c1nc(-c2cccs2)n(-c2ccccc2)n1. The number of benzene rings is 2. The number of ether oxygens (including phenoxy) is 2. The minimum atomic E-state index is -0.397. The fourth-order valence-corrected chi connectivity index (χ4v) is 3.58. The molecule has 2 aromatic carbocycles. The Kier molecular flexibility index (Phi) is 4.02. The van der Waals surface area contributed by atoms with Crippen LogP contribution in [0.1, 0.15) is 10.6 Å². The zero-order valence-corrected chi connectivity index (χ0v) is 15.3. The number of fused-ring (bicyclic) bond motifs is 1. The molecule has 28 heavy (non-hydrogen) atoms. The van der Waals surface area contributed by atoms with E-state index < -0.39 is 5.91 Å². The molecule has 4 aromatic rings. The zero-order chi connectivity index (χ0) is 18.9. The Morgan fingerprint density at radius 3 is 2.71 bits per heavy atom. The maximum absolute atomic E-state index is 12.8. The lowest BCUT2D eigenvalue weighted by atomic mass is 10.3. The highest BCUT2D eigenvalue weighted by Gasteiger charge is 2.20. The van der Waals surface area contributed by atoms with E-state index in [-0.39, 0.29) is 12.6 Å². The Balaban J connectivity index is 1.49. The average molecular weight is 390 g/mol. The van der Waals surface area contributed by atoms with Crippen LogP contribution in [0.2, 0.25) is 0 Å². The van der Waals surface area contributed by atoms with Crippen LogP contribution >= 0.6 is 11.3 Å². The van der Waals surface area contributed by atoms with Crippen LogP contribution < -0.4 is 14.8 Å². The summed E-state index contributed by atoms with van der Waals surface area (Å²) in [5, 5.41) is 9.23. The van der Waals surface area contributed by atoms with Gasteiger partial charge in [-0.3, -0.25) is 4.79 Å². The van der Waals surface area contributed by atoms with Gasteiger partial charge in [-0.1, -0.05) is 24.3 Å². The molecule has 0 radical (unpaired) electrons. The summed E-state index contributed by atoms with van der Waals surface area (Å²) in [6, 6.07) is 18.7. The second kappa shape index (κ2) is 6.82. The van der Waals surface area contributed by atoms with Crippen LogP contribution in [0.4, 0.5) is 5.69 Å². The molecule has 0 saturated carbocycles. The molecule has 0 saturated heterocycles. The van der Waals surface area contributed by atoms with Gasteiger partial charge in [0.1, 0.15) is 0 Å². The van der Waals surface area contributed by atoms with Gasteiger partial charge in [-0.2, -0.15) is 0 Å². The second-order valence-electron chi connectivity index (χ2n) is 6.01. The van der Waals surface area contributed by atoms with E-state index in [0.29, 0.717) is 23.0 Å². The lowest BCUT2D eigenvalue weighted by Gasteiger charge is -2.04. The molecular weight excluding hydrogens is 376 g/mol. The van der Waals surface area contributed by atoms with Gasteiger partial charge in [-0.15, -0.1) is 16.4 Å². The van der Waals surface area contributed by atoms with Gasteiger partial charge in [0.25, 0.3) is 5.91 Å². The number of rotatable bonds is 4. The van der Waals surface area contributed by atoms with Crippen LogP contribution in [0.3, 0.4) is 0 Å². The number of amides is 1. The third-order valence-electron chi connectivity index (χ3n) is 4.18. The van der Waals surface area contributed by atoms with E-state index in [1.54, 1.807) is 34.2 Å². The van der Waals surface area contributed by atoms with Crippen LogP contribution in [-0.4, -0.2) is 27.5 Å². The molecule has 138 valence electrons. The lowest BCUT2D eigenvalue weighted by molar-refractivity contribution is 0.101. The van der Waals surface area contributed by atoms with E-state index in [4.69, 9.17) is 9.47 Å². The van der Waals surface area contributed by atoms with Crippen molar-refractivity contribution in [3.05, 3.63) is 71.9 Å². The van der Waals surface area contributed by atoms with Crippen LogP contribution in [0, 0.1) is 0 Å². The molecule has 8 heteroatoms. The van der Waals surface area contributed by atoms with E-state index in [9.17, 15) is 4.79 Å². The number of para-hydroxylation sites is 1. The molecule has 0 unspecified atom stereocenters. The Labute approximate surface area is 164 Å². The van der Waals surface area contributed by atoms with Crippen molar-refractivity contribution in [2.45, 2.75) is 0 Å². The number of anilines is 1. The molecule has 1 N–H and O–H groups in total. The summed E-state index contributed by atoms with van der Waals surface area (Å²) >= 11 is 1.54. The summed E-state index contributed by atoms with van der Waals surface area (Å²) in [6.45, 7) is 0.181. The summed E-state index contributed by atoms with van der Waals surface area (Å²) in [5.74, 6) is 1.57. The smallest absolute Gasteiger partial charge is 0.295 e. The van der Waals surface area contributed by atoms with E-state index in [0.717, 1.165) is 10.6 Å². The van der Waals surface area contributed by atoms with Crippen molar-refractivity contribution in [2.24, 2.45) is 0 Å². The molecule has 0 spiro atoms. The molecule has 0 fully saturated rings. The van der Waals surface area contributed by atoms with E-state index >= 15 is 0 Å². The quantitative estimate of drug-likeness (QED) is 0.570. The third-order valence-corrected chi connectivity index (χ3v) is 5.05. The topological polar surface area (TPSA) is 78.3 Å². The first-order chi connectivity index (χ1) is 13.8. The minimum Gasteiger partial charge on any atom is -0.454 e. The number of carbonyl (C=O) groups excluding carboxylic acids is 1. The van der Waals surface area contributed by atoms with Gasteiger partial charge in [-0.25, -0.2) is 9.67 Å². The molecular formula is C20H14N4O3S. The van der Waals surface area contributed by atoms with E-state index in [1.165, 1.54) is 0 Å². The Morgan fingerprint density at radius 1 is 1.04 bits per heavy atom. The van der Waals surface area contributed by atoms with Crippen molar-refractivity contribution < 1.29 is 14.3 Å². The molecule has 1 amide bonds. The molecule has 2 aromatic heterocycles. The van der Waals surface area contributed by atoms with Gasteiger partial charge in [0.05, 0.1) is 10.6 Å². The number of hydrogen-bond acceptors (Lipinski definition) is 6. The predicted molar refractivity (Wildman–Crippen MR) is 105 cm³/mol. The van der Waals surface area contributed by atoms with E-state index in [1.807, 2.05) is 47.8 Å². The Bertz CT molecular complexity index is 1140. The van der Waals surface area contributed by atoms with Crippen molar-refractivity contribution >= 4 is 22.9 Å². The number of carbonyl (C=O) groups is 1. The Morgan fingerprint density at radius 2 is 1.89 bits per heavy atom. The summed E-state index contributed by atoms with van der Waals surface area (Å²) in [5.41, 5.74) is 1.42. The largest absolute Gasteiger partial charge is 0.454 e. The average Bonchev–Trinajstić information content (AvgIpc) is 3.47. The number of thiophene rings is 1. The molecule has 0 atom stereocenters. The number of nitrogens with zero attached hydrogens (tertiary/aromatic N) is 3. The van der Waals surface area contributed by atoms with E-state index in [2.05, 4.69) is 15.4 Å². The Hall–Kier alpha value is -3.65. The van der Waals surface area contributed by atoms with Crippen LogP contribution in [0.15, 0.2) is 66.0 Å². The molecule has 7 nitrogen and oxygen atoms in total. The normalized spacial score (nSPS) is 12.1. The molecule has 0 bridgehead atoms. The maximum Gasteiger partial charge on any atom is 0.295 e. The van der Waals surface area contributed by atoms with Crippen LogP contribution in [0.5, 0.6) is 11.5 Å². The van der Waals surface area contributed by atoms with Gasteiger partial charge < -0.3 is 14.8 Å². The van der Waals surface area contributed by atoms with Crippen LogP contribution in [0.25, 0.3) is 16.4 Å². The van der Waals surface area contributed by atoms with Crippen molar-refractivity contribution in [1.29, 1.82) is 0 Å². The van der Waals surface area contributed by atoms with Crippen molar-refractivity contribution in [3.8, 4) is 27.9 Å². The summed E-state index contributed by atoms with van der Waals surface area (Å²) in [7, 11) is 0. The second-order valence-corrected chi connectivity index (χ2v) is 6.95. The lowest BCUT2D eigenvalue weighted by Crippen LogP contribution is -2.14. The van der Waals surface area contributed by atoms with Gasteiger partial charge in [0.15, 0.2) is 17.3 Å². The fraction of sp³-hybridized carbons (Fsp3) is 0.0500. The first-order valence-electron chi connectivity index (χ1n) is 8.55. The van der Waals surface area contributed by atoms with Gasteiger partial charge in [-0.05, 0) is 35.7 Å². The molecule has 0 aliphatic carbocycles. The molecule has 1 aliphatic heterocycles. The van der Waals surface area contributed by atoms with Crippen molar-refractivity contribution in [3.63, 3.8) is 0 Å². The van der Waals surface area contributed by atoms with Crippen LogP contribution in [-0.2, 0) is 0 Å². The molecule has 3 heterocycles. The standard InChI is InChI=1S/C20H14N4O3S/c25-20(21-13-8-9-15-16(11-13)27-12-26-15)18-22-19(17-7-4-10-28-17)24(23-18)14-5-2-1-3-6-14/h1-11H,12H2,(H,21,25). The predicted octanol–water partition coefficient (Wildman–Crippen LogP) is 3.98. The number of aromatic nitrogens is 3. The zero-order valence-electron chi connectivity index (χ0n) is 14.5. The number of hydrogen-bond donors (Lipinski definition) is 1. The van der Waals surface area contributed by atoms with Gasteiger partial charge >= 0.3 is 0 Å². The maximum atomic E-state index is 12.8. The highest BCUT2D eigenvalue weighted by Crippen LogP contribution is 2.34. The molecule has 5 rings (SSSR count).